The lowest BCUT2D eigenvalue weighted by atomic mass is 9.49. The summed E-state index contributed by atoms with van der Waals surface area (Å²) >= 11 is 0. The molecule has 4 saturated carbocycles. The van der Waals surface area contributed by atoms with Crippen LogP contribution in [0.25, 0.3) is 0 Å². The number of hydrogen-bond donors (Lipinski definition) is 2. The lowest BCUT2D eigenvalue weighted by molar-refractivity contribution is -0.145. The van der Waals surface area contributed by atoms with Gasteiger partial charge in [0.05, 0.1) is 5.41 Å². The first kappa shape index (κ1) is 12.7. The first-order valence-corrected chi connectivity index (χ1v) is 7.31. The summed E-state index contributed by atoms with van der Waals surface area (Å²) in [6.07, 6.45) is 8.47. The first-order valence-electron chi connectivity index (χ1n) is 7.31. The van der Waals surface area contributed by atoms with Crippen molar-refractivity contribution >= 4 is 11.9 Å². The van der Waals surface area contributed by atoms with Crippen LogP contribution in [0.3, 0.4) is 0 Å². The highest BCUT2D eigenvalue weighted by molar-refractivity contribution is 5.97. The highest BCUT2D eigenvalue weighted by atomic mass is 16.2. The van der Waals surface area contributed by atoms with Gasteiger partial charge in [0.1, 0.15) is 0 Å². The second kappa shape index (κ2) is 4.66. The topological polar surface area (TPSA) is 58.2 Å². The smallest absolute Gasteiger partial charge is 0.321 e. The van der Waals surface area contributed by atoms with Gasteiger partial charge in [-0.15, -0.1) is 6.58 Å². The van der Waals surface area contributed by atoms with E-state index in [9.17, 15) is 9.59 Å². The van der Waals surface area contributed by atoms with Gasteiger partial charge in [0.25, 0.3) is 0 Å². The minimum absolute atomic E-state index is 0.0480. The summed E-state index contributed by atoms with van der Waals surface area (Å²) in [5.74, 6) is 2.10. The molecule has 0 aromatic heterocycles. The van der Waals surface area contributed by atoms with Crippen molar-refractivity contribution in [2.24, 2.45) is 23.2 Å². The number of nitrogens with one attached hydrogen (secondary N) is 2. The van der Waals surface area contributed by atoms with E-state index in [2.05, 4.69) is 17.2 Å². The fourth-order valence-electron chi connectivity index (χ4n) is 4.83. The van der Waals surface area contributed by atoms with E-state index in [0.717, 1.165) is 19.3 Å². The molecule has 4 heteroatoms. The highest BCUT2D eigenvalue weighted by Crippen LogP contribution is 2.60. The molecule has 4 aliphatic rings. The number of imide groups is 1. The standard InChI is InChI=1S/C15H22N2O2/c1-2-3-16-14(19)17-13(18)15-7-10-4-11(8-15)6-12(5-10)9-15/h2,10-12H,1,3-9H2,(H2,16,17,18,19). The van der Waals surface area contributed by atoms with Crippen molar-refractivity contribution in [2.45, 2.75) is 38.5 Å². The largest absolute Gasteiger partial charge is 0.334 e. The lowest BCUT2D eigenvalue weighted by Crippen LogP contribution is -2.55. The maximum absolute atomic E-state index is 12.5. The van der Waals surface area contributed by atoms with Crippen LogP contribution in [0.2, 0.25) is 0 Å². The number of carbonyl (C=O) groups excluding carboxylic acids is 2. The molecule has 0 unspecified atom stereocenters. The molecule has 4 rings (SSSR count). The fourth-order valence-corrected chi connectivity index (χ4v) is 4.83. The predicted molar refractivity (Wildman–Crippen MR) is 72.3 cm³/mol. The Labute approximate surface area is 114 Å². The normalized spacial score (nSPS) is 38.8. The average Bonchev–Trinajstić information content (AvgIpc) is 2.34. The van der Waals surface area contributed by atoms with Gasteiger partial charge in [-0.1, -0.05) is 6.08 Å². The van der Waals surface area contributed by atoms with Gasteiger partial charge < -0.3 is 5.32 Å². The molecule has 4 bridgehead atoms. The Morgan fingerprint density at radius 3 is 2.11 bits per heavy atom. The molecule has 0 heterocycles. The molecule has 0 aromatic rings. The second-order valence-electron chi connectivity index (χ2n) is 6.65. The summed E-state index contributed by atoms with van der Waals surface area (Å²) in [6.45, 7) is 3.93. The van der Waals surface area contributed by atoms with Gasteiger partial charge in [-0.3, -0.25) is 10.1 Å². The van der Waals surface area contributed by atoms with E-state index in [1.54, 1.807) is 6.08 Å². The maximum Gasteiger partial charge on any atom is 0.321 e. The predicted octanol–water partition coefficient (Wildman–Crippen LogP) is 2.21. The maximum atomic E-state index is 12.5. The van der Waals surface area contributed by atoms with Crippen molar-refractivity contribution in [1.82, 2.24) is 10.6 Å². The van der Waals surface area contributed by atoms with Crippen molar-refractivity contribution in [3.8, 4) is 0 Å². The van der Waals surface area contributed by atoms with Gasteiger partial charge in [0, 0.05) is 6.54 Å². The van der Waals surface area contributed by atoms with Gasteiger partial charge in [0.15, 0.2) is 0 Å². The van der Waals surface area contributed by atoms with Gasteiger partial charge in [-0.25, -0.2) is 4.79 Å². The van der Waals surface area contributed by atoms with E-state index in [1.165, 1.54) is 19.3 Å². The van der Waals surface area contributed by atoms with Gasteiger partial charge in [-0.2, -0.15) is 0 Å². The van der Waals surface area contributed by atoms with E-state index < -0.39 is 0 Å². The van der Waals surface area contributed by atoms with E-state index in [0.29, 0.717) is 24.3 Å². The molecule has 0 aromatic carbocycles. The number of carbonyl (C=O) groups is 2. The molecule has 4 nitrogen and oxygen atoms in total. The molecule has 0 saturated heterocycles. The molecule has 0 radical (unpaired) electrons. The molecule has 4 fully saturated rings. The Balaban J connectivity index is 1.66. The van der Waals surface area contributed by atoms with Gasteiger partial charge in [0.2, 0.25) is 5.91 Å². The second-order valence-corrected chi connectivity index (χ2v) is 6.65. The summed E-state index contributed by atoms with van der Waals surface area (Å²) < 4.78 is 0. The van der Waals surface area contributed by atoms with Crippen LogP contribution in [0.1, 0.15) is 38.5 Å². The summed E-state index contributed by atoms with van der Waals surface area (Å²) in [4.78, 5) is 24.1. The van der Waals surface area contributed by atoms with Crippen molar-refractivity contribution in [3.05, 3.63) is 12.7 Å². The molecule has 104 valence electrons. The molecule has 0 atom stereocenters. The third-order valence-electron chi connectivity index (χ3n) is 5.15. The first-order chi connectivity index (χ1) is 9.11. The summed E-state index contributed by atoms with van der Waals surface area (Å²) in [7, 11) is 0. The number of hydrogen-bond acceptors (Lipinski definition) is 2. The fraction of sp³-hybridized carbons (Fsp3) is 0.733. The Morgan fingerprint density at radius 2 is 1.63 bits per heavy atom. The van der Waals surface area contributed by atoms with Crippen LogP contribution in [-0.4, -0.2) is 18.5 Å². The molecule has 3 amide bonds. The van der Waals surface area contributed by atoms with Crippen LogP contribution in [0.4, 0.5) is 4.79 Å². The third-order valence-corrected chi connectivity index (χ3v) is 5.15. The Hall–Kier alpha value is -1.32. The van der Waals surface area contributed by atoms with Crippen molar-refractivity contribution in [3.63, 3.8) is 0 Å². The minimum Gasteiger partial charge on any atom is -0.334 e. The van der Waals surface area contributed by atoms with Crippen molar-refractivity contribution < 1.29 is 9.59 Å². The number of rotatable bonds is 3. The summed E-state index contributed by atoms with van der Waals surface area (Å²) in [5, 5.41) is 5.14. The highest BCUT2D eigenvalue weighted by Gasteiger charge is 2.54. The Bertz CT molecular complexity index is 381. The molecule has 19 heavy (non-hydrogen) atoms. The summed E-state index contributed by atoms with van der Waals surface area (Å²) in [6, 6.07) is -0.388. The number of amides is 3. The van der Waals surface area contributed by atoms with Gasteiger partial charge in [-0.05, 0) is 56.3 Å². The van der Waals surface area contributed by atoms with Gasteiger partial charge >= 0.3 is 6.03 Å². The van der Waals surface area contributed by atoms with E-state index in [-0.39, 0.29) is 17.4 Å². The van der Waals surface area contributed by atoms with Crippen LogP contribution in [0.15, 0.2) is 12.7 Å². The van der Waals surface area contributed by atoms with Crippen molar-refractivity contribution in [2.75, 3.05) is 6.54 Å². The van der Waals surface area contributed by atoms with E-state index in [4.69, 9.17) is 0 Å². The van der Waals surface area contributed by atoms with Crippen LogP contribution in [0.5, 0.6) is 0 Å². The third kappa shape index (κ3) is 2.28. The zero-order chi connectivity index (χ0) is 13.5. The lowest BCUT2D eigenvalue weighted by Gasteiger charge is -2.55. The molecular formula is C15H22N2O2. The van der Waals surface area contributed by atoms with Crippen LogP contribution < -0.4 is 10.6 Å². The molecule has 0 spiro atoms. The SMILES string of the molecule is C=CCNC(=O)NC(=O)C12CC3CC(CC(C3)C1)C2. The number of urea groups is 1. The quantitative estimate of drug-likeness (QED) is 0.766. The zero-order valence-corrected chi connectivity index (χ0v) is 11.3. The molecule has 2 N–H and O–H groups in total. The Morgan fingerprint density at radius 1 is 1.11 bits per heavy atom. The minimum atomic E-state index is -0.388. The van der Waals surface area contributed by atoms with E-state index >= 15 is 0 Å². The van der Waals surface area contributed by atoms with Crippen molar-refractivity contribution in [1.29, 1.82) is 0 Å². The zero-order valence-electron chi connectivity index (χ0n) is 11.3. The van der Waals surface area contributed by atoms with E-state index in [1.807, 2.05) is 0 Å². The molecule has 4 aliphatic carbocycles. The van der Waals surface area contributed by atoms with Crippen LogP contribution in [0, 0.1) is 23.2 Å². The summed E-state index contributed by atoms with van der Waals surface area (Å²) in [5.41, 5.74) is -0.250. The Kier molecular flexibility index (Phi) is 3.11. The monoisotopic (exact) mass is 262 g/mol. The van der Waals surface area contributed by atoms with Crippen LogP contribution in [-0.2, 0) is 4.79 Å². The van der Waals surface area contributed by atoms with Crippen LogP contribution >= 0.6 is 0 Å². The molecular weight excluding hydrogens is 240 g/mol. The average molecular weight is 262 g/mol. The molecule has 0 aliphatic heterocycles.